The molecule has 0 spiro atoms. The van der Waals surface area contributed by atoms with Gasteiger partial charge in [0.1, 0.15) is 0 Å². The molecular weight excluding hydrogens is 408 g/mol. The van der Waals surface area contributed by atoms with Gasteiger partial charge in [-0.05, 0) is 49.1 Å². The number of aryl methyl sites for hydroxylation is 2. The van der Waals surface area contributed by atoms with Gasteiger partial charge in [-0.1, -0.05) is 71.8 Å². The molecule has 2 aliphatic heterocycles. The third-order valence-corrected chi connectivity index (χ3v) is 7.17. The molecule has 2 heterocycles. The van der Waals surface area contributed by atoms with E-state index < -0.39 is 0 Å². The van der Waals surface area contributed by atoms with Crippen LogP contribution in [0.4, 0.5) is 0 Å². The minimum absolute atomic E-state index is 0.00432. The molecule has 0 bridgehead atoms. The lowest BCUT2D eigenvalue weighted by Crippen LogP contribution is -2.42. The summed E-state index contributed by atoms with van der Waals surface area (Å²) in [6.45, 7) is 6.50. The Morgan fingerprint density at radius 3 is 2.09 bits per heavy atom. The molecule has 0 aromatic heterocycles. The average molecular weight is 439 g/mol. The second-order valence-electron chi connectivity index (χ2n) is 9.48. The van der Waals surface area contributed by atoms with Crippen molar-refractivity contribution >= 4 is 11.8 Å². The van der Waals surface area contributed by atoms with Gasteiger partial charge in [0.05, 0.1) is 5.92 Å². The fourth-order valence-electron chi connectivity index (χ4n) is 5.17. The predicted octanol–water partition coefficient (Wildman–Crippen LogP) is 4.74. The van der Waals surface area contributed by atoms with E-state index in [-0.39, 0.29) is 23.7 Å². The number of hydrogen-bond donors (Lipinski definition) is 0. The largest absolute Gasteiger partial charge is 0.338 e. The van der Waals surface area contributed by atoms with E-state index in [2.05, 4.69) is 49.4 Å². The molecular formula is C29H30N2O2. The Kier molecular flexibility index (Phi) is 5.76. The van der Waals surface area contributed by atoms with E-state index in [1.165, 1.54) is 16.7 Å². The van der Waals surface area contributed by atoms with E-state index in [1.807, 2.05) is 47.1 Å². The topological polar surface area (TPSA) is 40.6 Å². The van der Waals surface area contributed by atoms with Crippen LogP contribution >= 0.6 is 0 Å². The first-order valence-corrected chi connectivity index (χ1v) is 11.8. The summed E-state index contributed by atoms with van der Waals surface area (Å²) in [7, 11) is 0. The minimum Gasteiger partial charge on any atom is -0.338 e. The van der Waals surface area contributed by atoms with Crippen molar-refractivity contribution in [2.24, 2.45) is 5.92 Å². The van der Waals surface area contributed by atoms with Crippen molar-refractivity contribution in [3.8, 4) is 0 Å². The van der Waals surface area contributed by atoms with Gasteiger partial charge < -0.3 is 9.80 Å². The normalized spacial score (nSPS) is 19.9. The smallest absolute Gasteiger partial charge is 0.253 e. The number of rotatable bonds is 3. The fraction of sp³-hybridized carbons (Fsp3) is 0.310. The van der Waals surface area contributed by atoms with Crippen LogP contribution in [0.1, 0.15) is 44.1 Å². The Labute approximate surface area is 195 Å². The molecule has 3 aromatic rings. The van der Waals surface area contributed by atoms with Gasteiger partial charge in [-0.15, -0.1) is 0 Å². The molecule has 33 heavy (non-hydrogen) atoms. The summed E-state index contributed by atoms with van der Waals surface area (Å²) >= 11 is 0. The molecule has 0 aliphatic carbocycles. The minimum atomic E-state index is -0.229. The van der Waals surface area contributed by atoms with Crippen LogP contribution in [0.25, 0.3) is 0 Å². The second-order valence-corrected chi connectivity index (χ2v) is 9.48. The lowest BCUT2D eigenvalue weighted by atomic mass is 9.87. The lowest BCUT2D eigenvalue weighted by molar-refractivity contribution is -0.136. The summed E-state index contributed by atoms with van der Waals surface area (Å²) in [5.74, 6) is -0.0577. The Bertz CT molecular complexity index is 1170. The van der Waals surface area contributed by atoms with Crippen LogP contribution in [0, 0.1) is 19.8 Å². The molecule has 168 valence electrons. The van der Waals surface area contributed by atoms with Crippen LogP contribution in [0.3, 0.4) is 0 Å². The van der Waals surface area contributed by atoms with Gasteiger partial charge in [-0.3, -0.25) is 9.59 Å². The van der Waals surface area contributed by atoms with Crippen LogP contribution in [-0.2, 0) is 17.8 Å². The van der Waals surface area contributed by atoms with E-state index in [9.17, 15) is 9.59 Å². The molecule has 1 saturated heterocycles. The number of benzene rings is 3. The summed E-state index contributed by atoms with van der Waals surface area (Å²) in [5.41, 5.74) is 6.71. The predicted molar refractivity (Wildman–Crippen MR) is 130 cm³/mol. The number of fused-ring (bicyclic) bond motifs is 1. The number of carbonyl (C=O) groups is 2. The quantitative estimate of drug-likeness (QED) is 0.592. The monoisotopic (exact) mass is 438 g/mol. The maximum absolute atomic E-state index is 13.8. The van der Waals surface area contributed by atoms with Gasteiger partial charge in [0.25, 0.3) is 5.91 Å². The fourth-order valence-corrected chi connectivity index (χ4v) is 5.17. The maximum Gasteiger partial charge on any atom is 0.253 e. The molecule has 5 rings (SSSR count). The molecule has 4 heteroatoms. The zero-order chi connectivity index (χ0) is 22.9. The number of amides is 2. The molecule has 4 nitrogen and oxygen atoms in total. The summed E-state index contributed by atoms with van der Waals surface area (Å²) in [5, 5.41) is 0. The first-order chi connectivity index (χ1) is 16.0. The summed E-state index contributed by atoms with van der Waals surface area (Å²) in [6.07, 6.45) is 0.885. The van der Waals surface area contributed by atoms with Crippen LogP contribution in [0.5, 0.6) is 0 Å². The third-order valence-electron chi connectivity index (χ3n) is 7.17. The van der Waals surface area contributed by atoms with E-state index in [4.69, 9.17) is 0 Å². The summed E-state index contributed by atoms with van der Waals surface area (Å²) in [6, 6.07) is 24.5. The molecule has 0 N–H and O–H groups in total. The van der Waals surface area contributed by atoms with Crippen LogP contribution in [-0.4, -0.2) is 41.2 Å². The highest BCUT2D eigenvalue weighted by Gasteiger charge is 2.42. The van der Waals surface area contributed by atoms with Crippen molar-refractivity contribution in [3.05, 3.63) is 106 Å². The molecule has 0 radical (unpaired) electrons. The van der Waals surface area contributed by atoms with Gasteiger partial charge in [-0.25, -0.2) is 0 Å². The van der Waals surface area contributed by atoms with Gasteiger partial charge >= 0.3 is 0 Å². The van der Waals surface area contributed by atoms with E-state index in [0.29, 0.717) is 25.2 Å². The van der Waals surface area contributed by atoms with Crippen LogP contribution in [0.2, 0.25) is 0 Å². The van der Waals surface area contributed by atoms with Crippen molar-refractivity contribution in [2.45, 2.75) is 32.7 Å². The molecule has 0 saturated carbocycles. The Morgan fingerprint density at radius 1 is 0.758 bits per heavy atom. The Hall–Kier alpha value is -3.40. The lowest BCUT2D eigenvalue weighted by Gasteiger charge is -2.32. The molecule has 2 aliphatic rings. The van der Waals surface area contributed by atoms with E-state index in [1.54, 1.807) is 0 Å². The number of nitrogens with zero attached hydrogens (tertiary/aromatic N) is 2. The van der Waals surface area contributed by atoms with Crippen molar-refractivity contribution in [1.82, 2.24) is 9.80 Å². The Morgan fingerprint density at radius 2 is 1.39 bits per heavy atom. The third kappa shape index (κ3) is 4.30. The second kappa shape index (κ2) is 8.86. The van der Waals surface area contributed by atoms with E-state index >= 15 is 0 Å². The maximum atomic E-state index is 13.8. The molecule has 2 atom stereocenters. The highest BCUT2D eigenvalue weighted by atomic mass is 16.2. The molecule has 3 aromatic carbocycles. The van der Waals surface area contributed by atoms with Crippen LogP contribution in [0.15, 0.2) is 72.8 Å². The zero-order valence-electron chi connectivity index (χ0n) is 19.3. The number of hydrogen-bond acceptors (Lipinski definition) is 2. The highest BCUT2D eigenvalue weighted by Crippen LogP contribution is 2.36. The Balaban J connectivity index is 1.41. The summed E-state index contributed by atoms with van der Waals surface area (Å²) in [4.78, 5) is 31.0. The van der Waals surface area contributed by atoms with Gasteiger partial charge in [0, 0.05) is 37.7 Å². The molecule has 2 amide bonds. The SMILES string of the molecule is Cc1ccc(C(=O)N2CC(C(=O)N3CCc4ccccc4C3)C(c3ccc(C)cc3)C2)cc1. The zero-order valence-corrected chi connectivity index (χ0v) is 19.3. The number of likely N-dealkylation sites (tertiary alicyclic amines) is 1. The van der Waals surface area contributed by atoms with Gasteiger partial charge in [0.2, 0.25) is 5.91 Å². The molecule has 1 fully saturated rings. The van der Waals surface area contributed by atoms with E-state index in [0.717, 1.165) is 24.1 Å². The average Bonchev–Trinajstić information content (AvgIpc) is 3.29. The molecule has 2 unspecified atom stereocenters. The first kappa shape index (κ1) is 21.4. The number of carbonyl (C=O) groups excluding carboxylic acids is 2. The highest BCUT2D eigenvalue weighted by molar-refractivity contribution is 5.95. The van der Waals surface area contributed by atoms with Crippen molar-refractivity contribution in [2.75, 3.05) is 19.6 Å². The first-order valence-electron chi connectivity index (χ1n) is 11.8. The van der Waals surface area contributed by atoms with Gasteiger partial charge in [-0.2, -0.15) is 0 Å². The van der Waals surface area contributed by atoms with Crippen molar-refractivity contribution in [3.63, 3.8) is 0 Å². The van der Waals surface area contributed by atoms with Gasteiger partial charge in [0.15, 0.2) is 0 Å². The van der Waals surface area contributed by atoms with Crippen LogP contribution < -0.4 is 0 Å². The summed E-state index contributed by atoms with van der Waals surface area (Å²) < 4.78 is 0. The van der Waals surface area contributed by atoms with Crippen molar-refractivity contribution < 1.29 is 9.59 Å². The standard InChI is InChI=1S/C29H30N2O2/c1-20-7-11-23(12-8-20)26-18-31(28(32)24-13-9-21(2)10-14-24)19-27(26)29(33)30-16-15-22-5-3-4-6-25(22)17-30/h3-14,26-27H,15-19H2,1-2H3. The van der Waals surface area contributed by atoms with Crippen molar-refractivity contribution in [1.29, 1.82) is 0 Å².